The van der Waals surface area contributed by atoms with Crippen molar-refractivity contribution in [2.24, 2.45) is 0 Å². The Labute approximate surface area is 124 Å². The third kappa shape index (κ3) is 3.48. The summed E-state index contributed by atoms with van der Waals surface area (Å²) in [5.41, 5.74) is 2.77. The number of rotatable bonds is 3. The average Bonchev–Trinajstić information content (AvgIpc) is 2.96. The van der Waals surface area contributed by atoms with E-state index < -0.39 is 0 Å². The van der Waals surface area contributed by atoms with Gasteiger partial charge < -0.3 is 0 Å². The molecular weight excluding hydrogens is 348 g/mol. The standard InChI is InChI=1S/C17H16OTe/c1-3-7-15(8-4-1)17-11-14(12-18-17)13-19-16-9-5-2-6-10-16/h1-10,13,17H,11-12H2/b14-13+. The van der Waals surface area contributed by atoms with Crippen molar-refractivity contribution >= 4 is 24.5 Å². The minimum absolute atomic E-state index is 0.203. The normalized spacial score (nSPS) is 20.8. The van der Waals surface area contributed by atoms with Crippen LogP contribution in [0.1, 0.15) is 18.1 Å². The van der Waals surface area contributed by atoms with Gasteiger partial charge in [-0.05, 0) is 0 Å². The molecule has 0 radical (unpaired) electrons. The van der Waals surface area contributed by atoms with E-state index in [0.29, 0.717) is 0 Å². The van der Waals surface area contributed by atoms with Crippen LogP contribution in [-0.2, 0) is 4.74 Å². The van der Waals surface area contributed by atoms with Crippen molar-refractivity contribution in [1.82, 2.24) is 0 Å². The number of ether oxygens (including phenoxy) is 1. The molecule has 0 amide bonds. The van der Waals surface area contributed by atoms with Crippen LogP contribution in [0.4, 0.5) is 0 Å². The topological polar surface area (TPSA) is 9.23 Å². The molecule has 0 aliphatic carbocycles. The third-order valence-corrected chi connectivity index (χ3v) is 6.04. The molecule has 2 heteroatoms. The molecule has 0 saturated carbocycles. The molecule has 0 spiro atoms. The van der Waals surface area contributed by atoms with E-state index in [0.717, 1.165) is 13.0 Å². The Balaban J connectivity index is 1.63. The molecular formula is C17H16OTe. The van der Waals surface area contributed by atoms with Crippen LogP contribution in [0.3, 0.4) is 0 Å². The zero-order valence-electron chi connectivity index (χ0n) is 10.7. The Morgan fingerprint density at radius 2 is 1.63 bits per heavy atom. The van der Waals surface area contributed by atoms with Crippen LogP contribution >= 0.6 is 0 Å². The van der Waals surface area contributed by atoms with E-state index >= 15 is 0 Å². The van der Waals surface area contributed by atoms with Gasteiger partial charge in [0.05, 0.1) is 0 Å². The van der Waals surface area contributed by atoms with E-state index in [-0.39, 0.29) is 27.0 Å². The molecule has 0 aromatic heterocycles. The van der Waals surface area contributed by atoms with Crippen molar-refractivity contribution in [1.29, 1.82) is 0 Å². The molecule has 2 aromatic rings. The van der Waals surface area contributed by atoms with E-state index in [9.17, 15) is 0 Å². The molecule has 1 fully saturated rings. The zero-order chi connectivity index (χ0) is 12.9. The maximum atomic E-state index is 5.89. The van der Waals surface area contributed by atoms with Crippen molar-refractivity contribution in [2.75, 3.05) is 6.61 Å². The Morgan fingerprint density at radius 1 is 0.947 bits per heavy atom. The summed E-state index contributed by atoms with van der Waals surface area (Å²) in [5, 5.41) is 0. The fourth-order valence-electron chi connectivity index (χ4n) is 2.18. The summed E-state index contributed by atoms with van der Waals surface area (Å²) in [4.78, 5) is 0. The van der Waals surface area contributed by atoms with Gasteiger partial charge in [-0.3, -0.25) is 0 Å². The van der Waals surface area contributed by atoms with Gasteiger partial charge in [0.1, 0.15) is 0 Å². The summed E-state index contributed by atoms with van der Waals surface area (Å²) >= 11 is -0.203. The van der Waals surface area contributed by atoms with Gasteiger partial charge in [0.25, 0.3) is 0 Å². The molecule has 0 bridgehead atoms. The molecule has 96 valence electrons. The fraction of sp³-hybridized carbons (Fsp3) is 0.176. The van der Waals surface area contributed by atoms with E-state index in [1.807, 2.05) is 0 Å². The predicted molar refractivity (Wildman–Crippen MR) is 79.7 cm³/mol. The Hall–Kier alpha value is -1.07. The van der Waals surface area contributed by atoms with E-state index in [1.165, 1.54) is 14.7 Å². The molecule has 1 atom stereocenters. The van der Waals surface area contributed by atoms with Gasteiger partial charge in [0.2, 0.25) is 0 Å². The number of hydrogen-bond donors (Lipinski definition) is 0. The predicted octanol–water partition coefficient (Wildman–Crippen LogP) is 3.06. The summed E-state index contributed by atoms with van der Waals surface area (Å²) in [7, 11) is 0. The van der Waals surface area contributed by atoms with Crippen molar-refractivity contribution in [2.45, 2.75) is 12.5 Å². The molecule has 19 heavy (non-hydrogen) atoms. The van der Waals surface area contributed by atoms with Crippen molar-refractivity contribution in [3.05, 3.63) is 75.9 Å². The monoisotopic (exact) mass is 366 g/mol. The molecule has 1 nitrogen and oxygen atoms in total. The van der Waals surface area contributed by atoms with Gasteiger partial charge in [-0.25, -0.2) is 0 Å². The molecule has 1 heterocycles. The quantitative estimate of drug-likeness (QED) is 0.761. The molecule has 1 aliphatic rings. The second-order valence-electron chi connectivity index (χ2n) is 4.62. The van der Waals surface area contributed by atoms with E-state index in [2.05, 4.69) is 64.8 Å². The van der Waals surface area contributed by atoms with Crippen molar-refractivity contribution in [3.8, 4) is 0 Å². The number of benzene rings is 2. The Morgan fingerprint density at radius 3 is 2.37 bits per heavy atom. The second kappa shape index (κ2) is 6.39. The van der Waals surface area contributed by atoms with Gasteiger partial charge in [-0.2, -0.15) is 0 Å². The van der Waals surface area contributed by atoms with Crippen molar-refractivity contribution < 1.29 is 4.74 Å². The molecule has 1 saturated heterocycles. The van der Waals surface area contributed by atoms with E-state index in [4.69, 9.17) is 4.74 Å². The van der Waals surface area contributed by atoms with Gasteiger partial charge in [-0.15, -0.1) is 0 Å². The molecule has 1 unspecified atom stereocenters. The second-order valence-corrected chi connectivity index (χ2v) is 7.31. The van der Waals surface area contributed by atoms with Crippen LogP contribution in [0.15, 0.2) is 70.4 Å². The Bertz CT molecular complexity index is 548. The average molecular weight is 364 g/mol. The van der Waals surface area contributed by atoms with Crippen LogP contribution < -0.4 is 3.61 Å². The first-order chi connectivity index (χ1) is 9.42. The molecule has 2 aromatic carbocycles. The summed E-state index contributed by atoms with van der Waals surface area (Å²) in [6.07, 6.45) is 1.32. The first kappa shape index (κ1) is 12.9. The van der Waals surface area contributed by atoms with Gasteiger partial charge in [0.15, 0.2) is 0 Å². The first-order valence-corrected chi connectivity index (χ1v) is 8.99. The van der Waals surface area contributed by atoms with Crippen LogP contribution in [0.2, 0.25) is 0 Å². The summed E-state index contributed by atoms with van der Waals surface area (Å²) in [5.74, 6) is 0. The Kier molecular flexibility index (Phi) is 4.35. The SMILES string of the molecule is C(/[Te]c1ccccc1)=C1\COC(c2ccccc2)C1. The first-order valence-electron chi connectivity index (χ1n) is 6.48. The molecule has 1 aliphatic heterocycles. The van der Waals surface area contributed by atoms with Crippen LogP contribution in [0, 0.1) is 0 Å². The summed E-state index contributed by atoms with van der Waals surface area (Å²) in [6.45, 7) is 0.803. The van der Waals surface area contributed by atoms with Crippen molar-refractivity contribution in [3.63, 3.8) is 0 Å². The van der Waals surface area contributed by atoms with Gasteiger partial charge in [0, 0.05) is 0 Å². The summed E-state index contributed by atoms with van der Waals surface area (Å²) < 4.78 is 9.83. The number of hydrogen-bond acceptors (Lipinski definition) is 1. The fourth-order valence-corrected chi connectivity index (χ4v) is 4.41. The van der Waals surface area contributed by atoms with Crippen LogP contribution in [0.25, 0.3) is 0 Å². The van der Waals surface area contributed by atoms with Crippen LogP contribution in [0.5, 0.6) is 0 Å². The molecule has 3 rings (SSSR count). The summed E-state index contributed by atoms with van der Waals surface area (Å²) in [6, 6.07) is 21.3. The van der Waals surface area contributed by atoms with Crippen LogP contribution in [-0.4, -0.2) is 27.5 Å². The maximum absolute atomic E-state index is 5.89. The zero-order valence-corrected chi connectivity index (χ0v) is 13.0. The molecule has 0 N–H and O–H groups in total. The van der Waals surface area contributed by atoms with Gasteiger partial charge in [-0.1, -0.05) is 0 Å². The third-order valence-electron chi connectivity index (χ3n) is 3.19. The minimum atomic E-state index is -0.203. The van der Waals surface area contributed by atoms with Gasteiger partial charge >= 0.3 is 124 Å². The van der Waals surface area contributed by atoms with E-state index in [1.54, 1.807) is 0 Å².